The van der Waals surface area contributed by atoms with Gasteiger partial charge in [0.2, 0.25) is 0 Å². The van der Waals surface area contributed by atoms with E-state index >= 15 is 0 Å². The molecule has 1 saturated heterocycles. The number of nitrogens with zero attached hydrogens (tertiary/aromatic N) is 2. The quantitative estimate of drug-likeness (QED) is 0.441. The zero-order valence-electron chi connectivity index (χ0n) is 19.7. The molecule has 0 unspecified atom stereocenters. The number of rotatable bonds is 8. The van der Waals surface area contributed by atoms with Crippen molar-refractivity contribution < 1.29 is 13.6 Å². The van der Waals surface area contributed by atoms with Gasteiger partial charge in [-0.3, -0.25) is 9.69 Å². The van der Waals surface area contributed by atoms with Crippen molar-refractivity contribution in [3.05, 3.63) is 95.2 Å². The molecule has 4 rings (SSSR count). The Bertz CT molecular complexity index is 1050. The first-order chi connectivity index (χ1) is 15.9. The summed E-state index contributed by atoms with van der Waals surface area (Å²) in [6.45, 7) is 10.1. The second kappa shape index (κ2) is 10.3. The third-order valence-corrected chi connectivity index (χ3v) is 6.34. The fourth-order valence-corrected chi connectivity index (χ4v) is 4.88. The average Bonchev–Trinajstić information content (AvgIpc) is 3.39. The summed E-state index contributed by atoms with van der Waals surface area (Å²) in [6, 6.07) is 20.4. The Balaban J connectivity index is 1.57. The zero-order chi connectivity index (χ0) is 23.4. The average molecular weight is 449 g/mol. The molecule has 0 saturated carbocycles. The number of hydrogen-bond acceptors (Lipinski definition) is 3. The highest BCUT2D eigenvalue weighted by Gasteiger charge is 2.36. The Kier molecular flexibility index (Phi) is 7.29. The molecule has 0 N–H and O–H groups in total. The van der Waals surface area contributed by atoms with Crippen molar-refractivity contribution in [2.24, 2.45) is 11.8 Å². The molecule has 5 heteroatoms. The highest BCUT2D eigenvalue weighted by molar-refractivity contribution is 5.94. The van der Waals surface area contributed by atoms with E-state index in [2.05, 4.69) is 18.7 Å². The first kappa shape index (κ1) is 23.2. The van der Waals surface area contributed by atoms with Gasteiger partial charge in [0.1, 0.15) is 17.3 Å². The lowest BCUT2D eigenvalue weighted by Gasteiger charge is -2.30. The van der Waals surface area contributed by atoms with Crippen molar-refractivity contribution in [1.82, 2.24) is 9.80 Å². The predicted molar refractivity (Wildman–Crippen MR) is 129 cm³/mol. The second-order valence-corrected chi connectivity index (χ2v) is 9.59. The molecule has 3 aromatic rings. The van der Waals surface area contributed by atoms with Gasteiger partial charge < -0.3 is 9.32 Å². The van der Waals surface area contributed by atoms with Gasteiger partial charge in [0.25, 0.3) is 5.91 Å². The summed E-state index contributed by atoms with van der Waals surface area (Å²) in [5, 5.41) is 0. The predicted octanol–water partition coefficient (Wildman–Crippen LogP) is 5.74. The molecule has 33 heavy (non-hydrogen) atoms. The minimum Gasteiger partial charge on any atom is -0.465 e. The first-order valence-electron chi connectivity index (χ1n) is 11.8. The van der Waals surface area contributed by atoms with E-state index in [0.717, 1.165) is 42.3 Å². The van der Waals surface area contributed by atoms with Crippen LogP contribution in [-0.4, -0.2) is 41.9 Å². The molecule has 1 amide bonds. The Morgan fingerprint density at radius 3 is 2.42 bits per heavy atom. The van der Waals surface area contributed by atoms with E-state index in [1.54, 1.807) is 0 Å². The van der Waals surface area contributed by atoms with Crippen LogP contribution in [0.4, 0.5) is 4.39 Å². The number of carbonyl (C=O) groups is 1. The normalized spacial score (nSPS) is 18.7. The van der Waals surface area contributed by atoms with E-state index in [9.17, 15) is 9.18 Å². The summed E-state index contributed by atoms with van der Waals surface area (Å²) >= 11 is 0. The number of hydrogen-bond donors (Lipinski definition) is 0. The molecule has 0 bridgehead atoms. The van der Waals surface area contributed by atoms with Crippen molar-refractivity contribution in [3.8, 4) is 0 Å². The van der Waals surface area contributed by atoms with Crippen LogP contribution in [0, 0.1) is 24.6 Å². The Hall–Kier alpha value is -2.92. The van der Waals surface area contributed by atoms with Crippen LogP contribution < -0.4 is 0 Å². The molecule has 1 aliphatic rings. The number of benzene rings is 2. The maximum Gasteiger partial charge on any atom is 0.253 e. The van der Waals surface area contributed by atoms with E-state index < -0.39 is 0 Å². The molecule has 0 aliphatic carbocycles. The van der Waals surface area contributed by atoms with E-state index in [1.165, 1.54) is 12.1 Å². The van der Waals surface area contributed by atoms with Crippen LogP contribution in [0.5, 0.6) is 0 Å². The molecule has 2 aromatic carbocycles. The topological polar surface area (TPSA) is 36.7 Å². The molecule has 174 valence electrons. The number of amides is 1. The highest BCUT2D eigenvalue weighted by atomic mass is 19.1. The lowest BCUT2D eigenvalue weighted by atomic mass is 9.88. The SMILES string of the molecule is Cc1ccc(CN2C[C@@H](CN(CC(C)C)C(=O)c3ccccc3)[C@@H](c3ccc(F)cc3)C2)o1. The maximum atomic E-state index is 13.6. The maximum absolute atomic E-state index is 13.6. The summed E-state index contributed by atoms with van der Waals surface area (Å²) in [5.74, 6) is 2.54. The van der Waals surface area contributed by atoms with Gasteiger partial charge in [0.15, 0.2) is 0 Å². The van der Waals surface area contributed by atoms with Crippen LogP contribution in [0.1, 0.15) is 47.2 Å². The summed E-state index contributed by atoms with van der Waals surface area (Å²) in [4.78, 5) is 17.8. The second-order valence-electron chi connectivity index (χ2n) is 9.59. The molecule has 2 atom stereocenters. The van der Waals surface area contributed by atoms with Gasteiger partial charge in [-0.15, -0.1) is 0 Å². The fraction of sp³-hybridized carbons (Fsp3) is 0.393. The standard InChI is InChI=1S/C28H33FN2O2/c1-20(2)15-31(28(32)23-7-5-4-6-8-23)17-24-16-30(18-26-14-9-21(3)33-26)19-27(24)22-10-12-25(29)13-11-22/h4-14,20,24,27H,15-19H2,1-3H3/t24-,27+/m0/s1. The van der Waals surface area contributed by atoms with E-state index in [1.807, 2.05) is 66.4 Å². The van der Waals surface area contributed by atoms with Gasteiger partial charge in [-0.1, -0.05) is 44.2 Å². The number of aryl methyl sites for hydroxylation is 1. The third-order valence-electron chi connectivity index (χ3n) is 6.34. The van der Waals surface area contributed by atoms with Gasteiger partial charge in [0, 0.05) is 37.7 Å². The van der Waals surface area contributed by atoms with Crippen LogP contribution in [-0.2, 0) is 6.54 Å². The molecule has 0 radical (unpaired) electrons. The highest BCUT2D eigenvalue weighted by Crippen LogP contribution is 2.35. The van der Waals surface area contributed by atoms with E-state index in [0.29, 0.717) is 19.0 Å². The number of likely N-dealkylation sites (tertiary alicyclic amines) is 1. The summed E-state index contributed by atoms with van der Waals surface area (Å²) in [7, 11) is 0. The molecule has 0 spiro atoms. The van der Waals surface area contributed by atoms with Crippen LogP contribution in [0.15, 0.2) is 71.1 Å². The minimum absolute atomic E-state index is 0.0715. The van der Waals surface area contributed by atoms with E-state index in [4.69, 9.17) is 4.42 Å². The number of furan rings is 1. The number of halogens is 1. The summed E-state index contributed by atoms with van der Waals surface area (Å²) < 4.78 is 19.4. The van der Waals surface area contributed by atoms with Gasteiger partial charge >= 0.3 is 0 Å². The first-order valence-corrected chi connectivity index (χ1v) is 11.8. The van der Waals surface area contributed by atoms with Crippen molar-refractivity contribution in [1.29, 1.82) is 0 Å². The third kappa shape index (κ3) is 5.91. The summed E-state index contributed by atoms with van der Waals surface area (Å²) in [6.07, 6.45) is 0. The number of carbonyl (C=O) groups excluding carboxylic acids is 1. The zero-order valence-corrected chi connectivity index (χ0v) is 19.7. The molecular weight excluding hydrogens is 415 g/mol. The lowest BCUT2D eigenvalue weighted by Crippen LogP contribution is -2.39. The molecule has 1 aromatic heterocycles. The van der Waals surface area contributed by atoms with Crippen LogP contribution in [0.25, 0.3) is 0 Å². The summed E-state index contributed by atoms with van der Waals surface area (Å²) in [5.41, 5.74) is 1.84. The van der Waals surface area contributed by atoms with Crippen molar-refractivity contribution in [2.45, 2.75) is 33.2 Å². The van der Waals surface area contributed by atoms with Crippen LogP contribution >= 0.6 is 0 Å². The molecule has 2 heterocycles. The smallest absolute Gasteiger partial charge is 0.253 e. The van der Waals surface area contributed by atoms with Gasteiger partial charge in [-0.25, -0.2) is 4.39 Å². The Labute approximate surface area is 196 Å². The molecule has 4 nitrogen and oxygen atoms in total. The van der Waals surface area contributed by atoms with Crippen molar-refractivity contribution in [3.63, 3.8) is 0 Å². The van der Waals surface area contributed by atoms with E-state index in [-0.39, 0.29) is 23.6 Å². The monoisotopic (exact) mass is 448 g/mol. The molecular formula is C28H33FN2O2. The molecule has 1 aliphatic heterocycles. The Morgan fingerprint density at radius 2 is 1.79 bits per heavy atom. The van der Waals surface area contributed by atoms with Gasteiger partial charge in [0.05, 0.1) is 6.54 Å². The van der Waals surface area contributed by atoms with Gasteiger partial charge in [-0.2, -0.15) is 0 Å². The Morgan fingerprint density at radius 1 is 1.06 bits per heavy atom. The van der Waals surface area contributed by atoms with Crippen LogP contribution in [0.2, 0.25) is 0 Å². The lowest BCUT2D eigenvalue weighted by molar-refractivity contribution is 0.0703. The van der Waals surface area contributed by atoms with Crippen LogP contribution in [0.3, 0.4) is 0 Å². The van der Waals surface area contributed by atoms with Gasteiger partial charge in [-0.05, 0) is 60.7 Å². The van der Waals surface area contributed by atoms with Crippen molar-refractivity contribution in [2.75, 3.05) is 26.2 Å². The fourth-order valence-electron chi connectivity index (χ4n) is 4.88. The minimum atomic E-state index is -0.225. The molecule has 1 fully saturated rings. The van der Waals surface area contributed by atoms with Crippen molar-refractivity contribution >= 4 is 5.91 Å². The largest absolute Gasteiger partial charge is 0.465 e.